The van der Waals surface area contributed by atoms with Gasteiger partial charge in [0.2, 0.25) is 5.91 Å². The number of nitrogens with zero attached hydrogens (tertiary/aromatic N) is 2. The molecule has 4 heteroatoms. The summed E-state index contributed by atoms with van der Waals surface area (Å²) < 4.78 is 0. The largest absolute Gasteiger partial charge is 0.330 e. The molecule has 15 heavy (non-hydrogen) atoms. The van der Waals surface area contributed by atoms with E-state index in [1.54, 1.807) is 0 Å². The van der Waals surface area contributed by atoms with E-state index in [4.69, 9.17) is 5.73 Å². The minimum absolute atomic E-state index is 0.260. The first-order valence-corrected chi connectivity index (χ1v) is 5.90. The maximum absolute atomic E-state index is 11.7. The van der Waals surface area contributed by atoms with Gasteiger partial charge in [-0.25, -0.2) is 5.01 Å². The first-order chi connectivity index (χ1) is 7.15. The van der Waals surface area contributed by atoms with Crippen molar-refractivity contribution >= 4 is 5.91 Å². The van der Waals surface area contributed by atoms with Crippen LogP contribution in [-0.2, 0) is 4.79 Å². The zero-order valence-corrected chi connectivity index (χ0v) is 9.91. The molecule has 4 nitrogen and oxygen atoms in total. The lowest BCUT2D eigenvalue weighted by Gasteiger charge is -2.39. The van der Waals surface area contributed by atoms with E-state index in [2.05, 4.69) is 18.9 Å². The molecule has 1 amide bonds. The van der Waals surface area contributed by atoms with Gasteiger partial charge in [-0.2, -0.15) is 0 Å². The highest BCUT2D eigenvalue weighted by Gasteiger charge is 2.25. The third kappa shape index (κ3) is 3.80. The van der Waals surface area contributed by atoms with Crippen molar-refractivity contribution in [2.45, 2.75) is 33.1 Å². The molecule has 1 rings (SSSR count). The molecule has 0 radical (unpaired) electrons. The lowest BCUT2D eigenvalue weighted by molar-refractivity contribution is -0.156. The maximum Gasteiger partial charge on any atom is 0.236 e. The Balaban J connectivity index is 2.51. The van der Waals surface area contributed by atoms with Crippen molar-refractivity contribution in [3.8, 4) is 0 Å². The highest BCUT2D eigenvalue weighted by molar-refractivity contribution is 5.76. The molecular formula is C11H23N3O. The van der Waals surface area contributed by atoms with Crippen molar-refractivity contribution in [2.24, 2.45) is 11.7 Å². The van der Waals surface area contributed by atoms with Crippen LogP contribution in [0.4, 0.5) is 0 Å². The van der Waals surface area contributed by atoms with Crippen LogP contribution in [0.15, 0.2) is 0 Å². The summed E-state index contributed by atoms with van der Waals surface area (Å²) >= 11 is 0. The Morgan fingerprint density at radius 2 is 2.20 bits per heavy atom. The van der Waals surface area contributed by atoms with Crippen molar-refractivity contribution in [3.05, 3.63) is 0 Å². The van der Waals surface area contributed by atoms with Gasteiger partial charge in [-0.05, 0) is 25.3 Å². The highest BCUT2D eigenvalue weighted by atomic mass is 16.2. The first-order valence-electron chi connectivity index (χ1n) is 5.90. The van der Waals surface area contributed by atoms with Gasteiger partial charge in [-0.15, -0.1) is 0 Å². The molecule has 0 aromatic carbocycles. The topological polar surface area (TPSA) is 49.6 Å². The average molecular weight is 213 g/mol. The van der Waals surface area contributed by atoms with Crippen molar-refractivity contribution < 1.29 is 4.79 Å². The molecule has 1 fully saturated rings. The number of rotatable bonds is 5. The molecule has 1 saturated heterocycles. The lowest BCUT2D eigenvalue weighted by Crippen LogP contribution is -2.52. The molecule has 0 aliphatic carbocycles. The molecular weight excluding hydrogens is 190 g/mol. The fraction of sp³-hybridized carbons (Fsp3) is 0.909. The van der Waals surface area contributed by atoms with E-state index < -0.39 is 0 Å². The van der Waals surface area contributed by atoms with Crippen LogP contribution in [0.1, 0.15) is 33.1 Å². The van der Waals surface area contributed by atoms with Gasteiger partial charge in [0.15, 0.2) is 0 Å². The van der Waals surface area contributed by atoms with Crippen molar-refractivity contribution in [1.82, 2.24) is 10.0 Å². The van der Waals surface area contributed by atoms with Gasteiger partial charge in [-0.1, -0.05) is 13.8 Å². The Bertz CT molecular complexity index is 206. The number of carbonyl (C=O) groups is 1. The minimum atomic E-state index is 0.260. The van der Waals surface area contributed by atoms with Crippen molar-refractivity contribution in [1.29, 1.82) is 0 Å². The molecule has 0 bridgehead atoms. The minimum Gasteiger partial charge on any atom is -0.330 e. The lowest BCUT2D eigenvalue weighted by atomic mass is 10.1. The number of hydrogen-bond acceptors (Lipinski definition) is 3. The molecule has 0 atom stereocenters. The maximum atomic E-state index is 11.7. The molecule has 0 aromatic rings. The molecule has 1 heterocycles. The Hall–Kier alpha value is -0.610. The Morgan fingerprint density at radius 1 is 1.47 bits per heavy atom. The van der Waals surface area contributed by atoms with E-state index in [-0.39, 0.29) is 5.91 Å². The second-order valence-electron chi connectivity index (χ2n) is 4.57. The summed E-state index contributed by atoms with van der Waals surface area (Å²) in [6.07, 6.45) is 2.57. The van der Waals surface area contributed by atoms with Crippen LogP contribution >= 0.6 is 0 Å². The standard InChI is InChI=1S/C11H23N3O/c1-10(2)9-13-7-3-5-11(15)14(13)8-4-6-12/h10H,3-9,12H2,1-2H3. The molecule has 2 N–H and O–H groups in total. The van der Waals surface area contributed by atoms with E-state index in [0.29, 0.717) is 18.9 Å². The van der Waals surface area contributed by atoms with Crippen molar-refractivity contribution in [2.75, 3.05) is 26.2 Å². The fourth-order valence-electron chi connectivity index (χ4n) is 1.94. The molecule has 0 spiro atoms. The van der Waals surface area contributed by atoms with Gasteiger partial charge in [0.05, 0.1) is 0 Å². The van der Waals surface area contributed by atoms with Crippen LogP contribution in [0.2, 0.25) is 0 Å². The number of hydrogen-bond donors (Lipinski definition) is 1. The summed E-state index contributed by atoms with van der Waals surface area (Å²) in [5, 5.41) is 4.09. The fourth-order valence-corrected chi connectivity index (χ4v) is 1.94. The molecule has 1 aliphatic rings. The normalized spacial score (nSPS) is 18.9. The van der Waals surface area contributed by atoms with Gasteiger partial charge in [-0.3, -0.25) is 9.80 Å². The van der Waals surface area contributed by atoms with Crippen LogP contribution in [0.25, 0.3) is 0 Å². The van der Waals surface area contributed by atoms with Gasteiger partial charge in [0.25, 0.3) is 0 Å². The molecule has 0 saturated carbocycles. The summed E-state index contributed by atoms with van der Waals surface area (Å²) in [4.78, 5) is 11.7. The summed E-state index contributed by atoms with van der Waals surface area (Å²) in [6.45, 7) is 7.77. The smallest absolute Gasteiger partial charge is 0.236 e. The zero-order valence-electron chi connectivity index (χ0n) is 9.91. The van der Waals surface area contributed by atoms with Crippen LogP contribution in [-0.4, -0.2) is 42.1 Å². The molecule has 0 aromatic heterocycles. The quantitative estimate of drug-likeness (QED) is 0.736. The van der Waals surface area contributed by atoms with Gasteiger partial charge in [0, 0.05) is 26.1 Å². The zero-order chi connectivity index (χ0) is 11.3. The predicted octanol–water partition coefficient (Wildman–Crippen LogP) is 0.831. The summed E-state index contributed by atoms with van der Waals surface area (Å²) in [5.74, 6) is 0.853. The Kier molecular flexibility index (Phi) is 5.05. The van der Waals surface area contributed by atoms with Crippen LogP contribution < -0.4 is 5.73 Å². The third-order valence-corrected chi connectivity index (χ3v) is 2.59. The number of hydrazine groups is 1. The number of carbonyl (C=O) groups excluding carboxylic acids is 1. The van der Waals surface area contributed by atoms with Crippen LogP contribution in [0.3, 0.4) is 0 Å². The highest BCUT2D eigenvalue weighted by Crippen LogP contribution is 2.14. The van der Waals surface area contributed by atoms with E-state index >= 15 is 0 Å². The molecule has 88 valence electrons. The van der Waals surface area contributed by atoms with Crippen LogP contribution in [0.5, 0.6) is 0 Å². The summed E-state index contributed by atoms with van der Waals surface area (Å²) in [6, 6.07) is 0. The number of amides is 1. The monoisotopic (exact) mass is 213 g/mol. The van der Waals surface area contributed by atoms with Gasteiger partial charge in [0.1, 0.15) is 0 Å². The van der Waals surface area contributed by atoms with E-state index in [1.165, 1.54) is 0 Å². The molecule has 1 aliphatic heterocycles. The second-order valence-corrected chi connectivity index (χ2v) is 4.57. The Labute approximate surface area is 92.4 Å². The van der Waals surface area contributed by atoms with Crippen LogP contribution in [0, 0.1) is 5.92 Å². The first kappa shape index (κ1) is 12.5. The number of nitrogens with two attached hydrogens (primary N) is 1. The second kappa shape index (κ2) is 6.08. The average Bonchev–Trinajstić information content (AvgIpc) is 2.16. The van der Waals surface area contributed by atoms with E-state index in [1.807, 2.05) is 5.01 Å². The summed E-state index contributed by atoms with van der Waals surface area (Å²) in [7, 11) is 0. The molecule has 0 unspecified atom stereocenters. The summed E-state index contributed by atoms with van der Waals surface area (Å²) in [5.41, 5.74) is 5.48. The third-order valence-electron chi connectivity index (χ3n) is 2.59. The Morgan fingerprint density at radius 3 is 2.80 bits per heavy atom. The predicted molar refractivity (Wildman–Crippen MR) is 61.0 cm³/mol. The van der Waals surface area contributed by atoms with Gasteiger partial charge >= 0.3 is 0 Å². The van der Waals surface area contributed by atoms with E-state index in [9.17, 15) is 4.79 Å². The van der Waals surface area contributed by atoms with Gasteiger partial charge < -0.3 is 5.73 Å². The van der Waals surface area contributed by atoms with E-state index in [0.717, 1.165) is 32.5 Å². The SMILES string of the molecule is CC(C)CN1CCCC(=O)N1CCCN. The van der Waals surface area contributed by atoms with Crippen molar-refractivity contribution in [3.63, 3.8) is 0 Å².